The van der Waals surface area contributed by atoms with E-state index >= 15 is 0 Å². The first-order valence-corrected chi connectivity index (χ1v) is 11.4. The van der Waals surface area contributed by atoms with Crippen molar-refractivity contribution >= 4 is 16.9 Å². The van der Waals surface area contributed by atoms with Crippen molar-refractivity contribution in [3.05, 3.63) is 71.6 Å². The largest absolute Gasteiger partial charge is 0.493 e. The fraction of sp³-hybridized carbons (Fsp3) is 0.407. The van der Waals surface area contributed by atoms with Crippen LogP contribution < -0.4 is 10.1 Å². The fourth-order valence-corrected chi connectivity index (χ4v) is 3.84. The number of nitrogens with one attached hydrogen (secondary N) is 1. The lowest BCUT2D eigenvalue weighted by Crippen LogP contribution is -2.29. The summed E-state index contributed by atoms with van der Waals surface area (Å²) >= 11 is 0. The van der Waals surface area contributed by atoms with E-state index in [2.05, 4.69) is 61.5 Å². The minimum absolute atomic E-state index is 0.149. The molecule has 1 heterocycles. The Labute approximate surface area is 191 Å². The van der Waals surface area contributed by atoms with Crippen LogP contribution >= 0.6 is 0 Å². The number of aromatic nitrogens is 2. The lowest BCUT2D eigenvalue weighted by Gasteiger charge is -2.17. The van der Waals surface area contributed by atoms with Crippen LogP contribution in [0.3, 0.4) is 0 Å². The maximum Gasteiger partial charge on any atom is 0.246 e. The highest BCUT2D eigenvalue weighted by molar-refractivity contribution is 5.92. The lowest BCUT2D eigenvalue weighted by atomic mass is 10.0. The van der Waals surface area contributed by atoms with Crippen molar-refractivity contribution < 1.29 is 9.53 Å². The quantitative estimate of drug-likeness (QED) is 0.311. The zero-order chi connectivity index (χ0) is 23.3. The number of hydrogen-bond acceptors (Lipinski definition) is 3. The molecule has 0 saturated carbocycles. The first-order chi connectivity index (χ1) is 15.3. The van der Waals surface area contributed by atoms with Gasteiger partial charge in [-0.15, -0.1) is 0 Å². The molecule has 5 heteroatoms. The van der Waals surface area contributed by atoms with Crippen LogP contribution in [0.25, 0.3) is 11.0 Å². The summed E-state index contributed by atoms with van der Waals surface area (Å²) in [7, 11) is 0. The molecule has 1 unspecified atom stereocenters. The molecular formula is C27H35N3O2. The third-order valence-corrected chi connectivity index (χ3v) is 5.63. The summed E-state index contributed by atoms with van der Waals surface area (Å²) < 4.78 is 8.36. The van der Waals surface area contributed by atoms with E-state index in [4.69, 9.17) is 9.72 Å². The molecule has 0 saturated heterocycles. The summed E-state index contributed by atoms with van der Waals surface area (Å²) in [5, 5.41) is 3.00. The number of benzene rings is 2. The predicted octanol–water partition coefficient (Wildman–Crippen LogP) is 6.08. The number of unbranched alkanes of at least 4 members (excludes halogenated alkanes) is 1. The SMILES string of the molecule is C=C(C)C(=O)NC(C)c1nc2ccccc2n1CCCCOc1cc(C)ccc1C(C)C. The second-order valence-corrected chi connectivity index (χ2v) is 8.84. The van der Waals surface area contributed by atoms with E-state index < -0.39 is 0 Å². The summed E-state index contributed by atoms with van der Waals surface area (Å²) in [6.45, 7) is 15.4. The Hall–Kier alpha value is -3.08. The molecular weight excluding hydrogens is 398 g/mol. The third-order valence-electron chi connectivity index (χ3n) is 5.63. The van der Waals surface area contributed by atoms with E-state index in [1.54, 1.807) is 6.92 Å². The van der Waals surface area contributed by atoms with Crippen LogP contribution in [0.2, 0.25) is 0 Å². The summed E-state index contributed by atoms with van der Waals surface area (Å²) in [6, 6.07) is 14.3. The van der Waals surface area contributed by atoms with Gasteiger partial charge in [-0.1, -0.05) is 44.7 Å². The van der Waals surface area contributed by atoms with E-state index in [1.165, 1.54) is 11.1 Å². The van der Waals surface area contributed by atoms with Gasteiger partial charge in [0.2, 0.25) is 5.91 Å². The van der Waals surface area contributed by atoms with Crippen molar-refractivity contribution in [3.8, 4) is 5.75 Å². The molecule has 3 aromatic rings. The Kier molecular flexibility index (Phi) is 7.73. The second kappa shape index (κ2) is 10.5. The van der Waals surface area contributed by atoms with Gasteiger partial charge in [-0.25, -0.2) is 4.98 Å². The van der Waals surface area contributed by atoms with Gasteiger partial charge in [-0.05, 0) is 68.9 Å². The van der Waals surface area contributed by atoms with Crippen molar-refractivity contribution in [2.45, 2.75) is 66.0 Å². The molecule has 1 amide bonds. The van der Waals surface area contributed by atoms with Gasteiger partial charge in [0.05, 0.1) is 23.7 Å². The molecule has 0 fully saturated rings. The van der Waals surface area contributed by atoms with Gasteiger partial charge >= 0.3 is 0 Å². The Morgan fingerprint density at radius 2 is 1.91 bits per heavy atom. The number of carbonyl (C=O) groups excluding carboxylic acids is 1. The Bertz CT molecular complexity index is 1100. The van der Waals surface area contributed by atoms with E-state index in [1.807, 2.05) is 25.1 Å². The highest BCUT2D eigenvalue weighted by atomic mass is 16.5. The molecule has 1 aromatic heterocycles. The highest BCUT2D eigenvalue weighted by Crippen LogP contribution is 2.28. The van der Waals surface area contributed by atoms with Gasteiger partial charge in [0.15, 0.2) is 0 Å². The second-order valence-electron chi connectivity index (χ2n) is 8.84. The number of ether oxygens (including phenoxy) is 1. The number of imidazole rings is 1. The maximum atomic E-state index is 12.1. The van der Waals surface area contributed by atoms with E-state index in [0.29, 0.717) is 18.1 Å². The minimum Gasteiger partial charge on any atom is -0.493 e. The molecule has 3 rings (SSSR count). The zero-order valence-corrected chi connectivity index (χ0v) is 19.9. The van der Waals surface area contributed by atoms with Crippen molar-refractivity contribution in [2.75, 3.05) is 6.61 Å². The number of hydrogen-bond donors (Lipinski definition) is 1. The van der Waals surface area contributed by atoms with Crippen molar-refractivity contribution in [2.24, 2.45) is 0 Å². The number of aryl methyl sites for hydroxylation is 2. The molecule has 5 nitrogen and oxygen atoms in total. The van der Waals surface area contributed by atoms with E-state index in [-0.39, 0.29) is 11.9 Å². The Morgan fingerprint density at radius 1 is 1.16 bits per heavy atom. The molecule has 32 heavy (non-hydrogen) atoms. The average molecular weight is 434 g/mol. The molecule has 1 N–H and O–H groups in total. The number of rotatable bonds is 10. The van der Waals surface area contributed by atoms with Crippen molar-refractivity contribution in [3.63, 3.8) is 0 Å². The van der Waals surface area contributed by atoms with E-state index in [9.17, 15) is 4.79 Å². The lowest BCUT2D eigenvalue weighted by molar-refractivity contribution is -0.118. The van der Waals surface area contributed by atoms with E-state index in [0.717, 1.165) is 42.0 Å². The number of fused-ring (bicyclic) bond motifs is 1. The smallest absolute Gasteiger partial charge is 0.246 e. The average Bonchev–Trinajstić information content (AvgIpc) is 3.12. The fourth-order valence-electron chi connectivity index (χ4n) is 3.84. The van der Waals surface area contributed by atoms with Crippen LogP contribution in [0.4, 0.5) is 0 Å². The normalized spacial score (nSPS) is 12.2. The standard InChI is InChI=1S/C27H35N3O2/c1-18(2)22-14-13-20(5)17-25(22)32-16-10-9-15-30-24-12-8-7-11-23(24)29-26(30)21(6)28-27(31)19(3)4/h7-8,11-14,17-18,21H,3,9-10,15-16H2,1-2,4-6H3,(H,28,31). The van der Waals surface area contributed by atoms with Crippen LogP contribution in [0.15, 0.2) is 54.6 Å². The van der Waals surface area contributed by atoms with Gasteiger partial charge in [-0.2, -0.15) is 0 Å². The van der Waals surface area contributed by atoms with Crippen LogP contribution in [-0.2, 0) is 11.3 Å². The summed E-state index contributed by atoms with van der Waals surface area (Å²) in [4.78, 5) is 16.9. The molecule has 0 aliphatic heterocycles. The van der Waals surface area contributed by atoms with Gasteiger partial charge < -0.3 is 14.6 Å². The summed E-state index contributed by atoms with van der Waals surface area (Å²) in [6.07, 6.45) is 1.89. The molecule has 0 aliphatic carbocycles. The first kappa shape index (κ1) is 23.6. The molecule has 170 valence electrons. The van der Waals surface area contributed by atoms with Gasteiger partial charge in [-0.3, -0.25) is 4.79 Å². The summed E-state index contributed by atoms with van der Waals surface area (Å²) in [5.41, 5.74) is 4.98. The first-order valence-electron chi connectivity index (χ1n) is 11.4. The van der Waals surface area contributed by atoms with Crippen molar-refractivity contribution in [1.82, 2.24) is 14.9 Å². The monoisotopic (exact) mass is 433 g/mol. The van der Waals surface area contributed by atoms with Gasteiger partial charge in [0, 0.05) is 12.1 Å². The Morgan fingerprint density at radius 3 is 2.62 bits per heavy atom. The molecule has 0 spiro atoms. The van der Waals surface area contributed by atoms with Crippen LogP contribution in [0.1, 0.15) is 69.4 Å². The number of para-hydroxylation sites is 2. The molecule has 1 atom stereocenters. The number of carbonyl (C=O) groups is 1. The predicted molar refractivity (Wildman–Crippen MR) is 131 cm³/mol. The number of nitrogens with zero attached hydrogens (tertiary/aromatic N) is 2. The zero-order valence-electron chi connectivity index (χ0n) is 19.9. The van der Waals surface area contributed by atoms with Crippen LogP contribution in [0, 0.1) is 6.92 Å². The Balaban J connectivity index is 1.67. The third kappa shape index (κ3) is 5.58. The molecule has 0 bridgehead atoms. The van der Waals surface area contributed by atoms with Crippen LogP contribution in [-0.4, -0.2) is 22.1 Å². The molecule has 0 aliphatic rings. The molecule has 0 radical (unpaired) electrons. The van der Waals surface area contributed by atoms with Gasteiger partial charge in [0.25, 0.3) is 0 Å². The minimum atomic E-state index is -0.205. The topological polar surface area (TPSA) is 56.2 Å². The highest BCUT2D eigenvalue weighted by Gasteiger charge is 2.18. The number of amides is 1. The van der Waals surface area contributed by atoms with Gasteiger partial charge in [0.1, 0.15) is 11.6 Å². The summed E-state index contributed by atoms with van der Waals surface area (Å²) in [5.74, 6) is 2.14. The van der Waals surface area contributed by atoms with Crippen LogP contribution in [0.5, 0.6) is 5.75 Å². The molecule has 2 aromatic carbocycles. The van der Waals surface area contributed by atoms with Crippen molar-refractivity contribution in [1.29, 1.82) is 0 Å². The maximum absolute atomic E-state index is 12.1.